The SMILES string of the molecule is CCCn1ncc(OC)c1C(NC)c1ccnn1C. The monoisotopic (exact) mass is 263 g/mol. The Bertz CT molecular complexity index is 531. The van der Waals surface area contributed by atoms with Crippen molar-refractivity contribution in [3.05, 3.63) is 29.8 Å². The summed E-state index contributed by atoms with van der Waals surface area (Å²) in [6, 6.07) is 2.01. The molecule has 0 spiro atoms. The molecule has 2 aromatic rings. The third-order valence-corrected chi connectivity index (χ3v) is 3.22. The molecular formula is C13H21N5O. The highest BCUT2D eigenvalue weighted by atomic mass is 16.5. The van der Waals surface area contributed by atoms with E-state index in [0.29, 0.717) is 0 Å². The van der Waals surface area contributed by atoms with Gasteiger partial charge < -0.3 is 10.1 Å². The van der Waals surface area contributed by atoms with Crippen LogP contribution in [0.25, 0.3) is 0 Å². The molecule has 0 saturated heterocycles. The normalized spacial score (nSPS) is 12.6. The van der Waals surface area contributed by atoms with Crippen LogP contribution in [-0.4, -0.2) is 33.7 Å². The van der Waals surface area contributed by atoms with Crippen molar-refractivity contribution in [1.29, 1.82) is 0 Å². The molecule has 6 nitrogen and oxygen atoms in total. The highest BCUT2D eigenvalue weighted by Crippen LogP contribution is 2.29. The van der Waals surface area contributed by atoms with Crippen molar-refractivity contribution in [1.82, 2.24) is 24.9 Å². The second-order valence-corrected chi connectivity index (χ2v) is 4.42. The molecule has 2 aromatic heterocycles. The minimum absolute atomic E-state index is 0.0106. The molecule has 0 bridgehead atoms. The molecule has 6 heteroatoms. The van der Waals surface area contributed by atoms with Gasteiger partial charge in [-0.1, -0.05) is 6.92 Å². The molecule has 0 radical (unpaired) electrons. The average molecular weight is 263 g/mol. The number of hydrogen-bond acceptors (Lipinski definition) is 4. The van der Waals surface area contributed by atoms with Crippen LogP contribution in [0, 0.1) is 0 Å². The number of nitrogens with one attached hydrogen (secondary N) is 1. The van der Waals surface area contributed by atoms with Crippen LogP contribution in [0.1, 0.15) is 30.8 Å². The van der Waals surface area contributed by atoms with Gasteiger partial charge in [0, 0.05) is 19.8 Å². The largest absolute Gasteiger partial charge is 0.493 e. The Labute approximate surface area is 113 Å². The molecule has 1 N–H and O–H groups in total. The Balaban J connectivity index is 2.48. The first-order valence-electron chi connectivity index (χ1n) is 6.47. The maximum atomic E-state index is 5.44. The Morgan fingerprint density at radius 3 is 2.74 bits per heavy atom. The van der Waals surface area contributed by atoms with Gasteiger partial charge in [0.05, 0.1) is 25.0 Å². The summed E-state index contributed by atoms with van der Waals surface area (Å²) in [4.78, 5) is 0. The van der Waals surface area contributed by atoms with Crippen molar-refractivity contribution in [2.45, 2.75) is 25.9 Å². The number of ether oxygens (including phenoxy) is 1. The maximum absolute atomic E-state index is 5.44. The molecular weight excluding hydrogens is 242 g/mol. The summed E-state index contributed by atoms with van der Waals surface area (Å²) >= 11 is 0. The fraction of sp³-hybridized carbons (Fsp3) is 0.538. The van der Waals surface area contributed by atoms with Crippen LogP contribution >= 0.6 is 0 Å². The first-order chi connectivity index (χ1) is 9.22. The van der Waals surface area contributed by atoms with Crippen LogP contribution < -0.4 is 10.1 Å². The van der Waals surface area contributed by atoms with Gasteiger partial charge in [0.1, 0.15) is 5.69 Å². The van der Waals surface area contributed by atoms with Gasteiger partial charge in [0.2, 0.25) is 0 Å². The van der Waals surface area contributed by atoms with Gasteiger partial charge in [-0.15, -0.1) is 0 Å². The molecule has 0 aromatic carbocycles. The summed E-state index contributed by atoms with van der Waals surface area (Å²) in [6.45, 7) is 3.01. The van der Waals surface area contributed by atoms with Gasteiger partial charge >= 0.3 is 0 Å². The van der Waals surface area contributed by atoms with Gasteiger partial charge in [-0.25, -0.2) is 0 Å². The van der Waals surface area contributed by atoms with Crippen molar-refractivity contribution in [3.8, 4) is 5.75 Å². The number of aryl methyl sites for hydroxylation is 2. The van der Waals surface area contributed by atoms with E-state index in [1.807, 2.05) is 29.5 Å². The minimum Gasteiger partial charge on any atom is -0.493 e. The van der Waals surface area contributed by atoms with E-state index in [4.69, 9.17) is 4.74 Å². The summed E-state index contributed by atoms with van der Waals surface area (Å²) in [5.74, 6) is 0.800. The molecule has 1 atom stereocenters. The number of nitrogens with zero attached hydrogens (tertiary/aromatic N) is 4. The fourth-order valence-corrected chi connectivity index (χ4v) is 2.31. The number of methoxy groups -OCH3 is 1. The molecule has 2 rings (SSSR count). The summed E-state index contributed by atoms with van der Waals surface area (Å²) in [5.41, 5.74) is 2.12. The Hall–Kier alpha value is -1.82. The van der Waals surface area contributed by atoms with Gasteiger partial charge in [0.25, 0.3) is 0 Å². The molecule has 104 valence electrons. The van der Waals surface area contributed by atoms with E-state index in [9.17, 15) is 0 Å². The van der Waals surface area contributed by atoms with E-state index >= 15 is 0 Å². The van der Waals surface area contributed by atoms with Crippen LogP contribution in [-0.2, 0) is 13.6 Å². The third-order valence-electron chi connectivity index (χ3n) is 3.22. The van der Waals surface area contributed by atoms with Crippen LogP contribution in [0.15, 0.2) is 18.5 Å². The highest BCUT2D eigenvalue weighted by Gasteiger charge is 2.24. The standard InChI is InChI=1S/C13H21N5O/c1-5-8-18-13(11(19-4)9-16-18)12(14-2)10-6-7-15-17(10)3/h6-7,9,12,14H,5,8H2,1-4H3. The second-order valence-electron chi connectivity index (χ2n) is 4.42. The quantitative estimate of drug-likeness (QED) is 0.854. The van der Waals surface area contributed by atoms with Crippen LogP contribution in [0.2, 0.25) is 0 Å². The van der Waals surface area contributed by atoms with Crippen molar-refractivity contribution in [2.24, 2.45) is 7.05 Å². The smallest absolute Gasteiger partial charge is 0.161 e. The van der Waals surface area contributed by atoms with Gasteiger partial charge in [0.15, 0.2) is 5.75 Å². The third kappa shape index (κ3) is 2.49. The Kier molecular flexibility index (Phi) is 4.21. The highest BCUT2D eigenvalue weighted by molar-refractivity contribution is 5.33. The van der Waals surface area contributed by atoms with E-state index in [0.717, 1.165) is 30.1 Å². The summed E-state index contributed by atoms with van der Waals surface area (Å²) in [6.07, 6.45) is 4.60. The molecule has 0 aliphatic carbocycles. The topological polar surface area (TPSA) is 56.9 Å². The van der Waals surface area contributed by atoms with Crippen LogP contribution in [0.3, 0.4) is 0 Å². The van der Waals surface area contributed by atoms with E-state index in [-0.39, 0.29) is 6.04 Å². The van der Waals surface area contributed by atoms with Gasteiger partial charge in [-0.05, 0) is 19.5 Å². The van der Waals surface area contributed by atoms with Gasteiger partial charge in [-0.2, -0.15) is 10.2 Å². The van der Waals surface area contributed by atoms with Crippen LogP contribution in [0.4, 0.5) is 0 Å². The maximum Gasteiger partial charge on any atom is 0.161 e. The van der Waals surface area contributed by atoms with E-state index in [2.05, 4.69) is 22.4 Å². The number of hydrogen-bond donors (Lipinski definition) is 1. The lowest BCUT2D eigenvalue weighted by molar-refractivity contribution is 0.398. The second kappa shape index (κ2) is 5.88. The Morgan fingerprint density at radius 1 is 1.42 bits per heavy atom. The van der Waals surface area contributed by atoms with E-state index in [1.54, 1.807) is 19.5 Å². The van der Waals surface area contributed by atoms with Crippen molar-refractivity contribution in [2.75, 3.05) is 14.2 Å². The molecule has 0 saturated carbocycles. The lowest BCUT2D eigenvalue weighted by atomic mass is 10.1. The van der Waals surface area contributed by atoms with E-state index < -0.39 is 0 Å². The van der Waals surface area contributed by atoms with Gasteiger partial charge in [-0.3, -0.25) is 9.36 Å². The molecule has 19 heavy (non-hydrogen) atoms. The van der Waals surface area contributed by atoms with Crippen molar-refractivity contribution < 1.29 is 4.74 Å². The predicted molar refractivity (Wildman–Crippen MR) is 73.2 cm³/mol. The number of rotatable bonds is 6. The first-order valence-corrected chi connectivity index (χ1v) is 6.47. The van der Waals surface area contributed by atoms with Crippen LogP contribution in [0.5, 0.6) is 5.75 Å². The lowest BCUT2D eigenvalue weighted by Crippen LogP contribution is -2.24. The summed E-state index contributed by atoms with van der Waals surface area (Å²) in [5, 5.41) is 12.0. The summed E-state index contributed by atoms with van der Waals surface area (Å²) in [7, 11) is 5.54. The predicted octanol–water partition coefficient (Wildman–Crippen LogP) is 1.34. The fourth-order valence-electron chi connectivity index (χ4n) is 2.31. The summed E-state index contributed by atoms with van der Waals surface area (Å²) < 4.78 is 9.30. The zero-order valence-electron chi connectivity index (χ0n) is 11.9. The molecule has 0 aliphatic heterocycles. The zero-order valence-corrected chi connectivity index (χ0v) is 11.9. The molecule has 0 fully saturated rings. The number of aromatic nitrogens is 4. The first kappa shape index (κ1) is 13.6. The molecule has 2 heterocycles. The van der Waals surface area contributed by atoms with E-state index in [1.165, 1.54) is 0 Å². The Morgan fingerprint density at radius 2 is 2.21 bits per heavy atom. The molecule has 1 unspecified atom stereocenters. The lowest BCUT2D eigenvalue weighted by Gasteiger charge is -2.19. The molecule has 0 amide bonds. The zero-order chi connectivity index (χ0) is 13.8. The average Bonchev–Trinajstić information content (AvgIpc) is 3.00. The van der Waals surface area contributed by atoms with Crippen molar-refractivity contribution >= 4 is 0 Å². The minimum atomic E-state index is 0.0106. The molecule has 0 aliphatic rings. The van der Waals surface area contributed by atoms with Crippen molar-refractivity contribution in [3.63, 3.8) is 0 Å².